The van der Waals surface area contributed by atoms with E-state index in [1.54, 1.807) is 7.05 Å². The largest absolute Gasteiger partial charge is 0.481 e. The molecular weight excluding hydrogens is 517 g/mol. The van der Waals surface area contributed by atoms with Crippen molar-refractivity contribution in [1.82, 2.24) is 15.1 Å². The fourth-order valence-corrected chi connectivity index (χ4v) is 6.59. The van der Waals surface area contributed by atoms with E-state index in [-0.39, 0.29) is 48.5 Å². The average Bonchev–Trinajstić information content (AvgIpc) is 2.82. The Balaban J connectivity index is 0.00000342. The van der Waals surface area contributed by atoms with Gasteiger partial charge in [0.1, 0.15) is 0 Å². The van der Waals surface area contributed by atoms with Gasteiger partial charge in [-0.25, -0.2) is 0 Å². The molecule has 11 heteroatoms. The lowest BCUT2D eigenvalue weighted by molar-refractivity contribution is -0.146. The first-order chi connectivity index (χ1) is 16.6. The van der Waals surface area contributed by atoms with Gasteiger partial charge in [-0.05, 0) is 69.7 Å². The molecular formula is C26H49Cl2N5O4. The Morgan fingerprint density at radius 3 is 2.38 bits per heavy atom. The standard InChI is InChI=1S/C26H47N5O4.2ClH/c1-25(2)10-6-7-19(18-25)31-13-5-4-11-26(31,23(34)21(27)17-22(32)33)12-16-35-20-8-14-30(15-9-20)24(28)29-3;;/h19-21H,4-18,27H2,1-3H3,(H2,28,29)(H,32,33);2*1H/t19?,21?,26-;;/m0../s1. The summed E-state index contributed by atoms with van der Waals surface area (Å²) in [6.07, 6.45) is 9.23. The number of nitrogens with one attached hydrogen (secondary N) is 2. The quantitative estimate of drug-likeness (QED) is 0.247. The van der Waals surface area contributed by atoms with Crippen molar-refractivity contribution in [1.29, 1.82) is 5.41 Å². The summed E-state index contributed by atoms with van der Waals surface area (Å²) in [5.74, 6) is -0.713. The van der Waals surface area contributed by atoms with Crippen molar-refractivity contribution in [2.24, 2.45) is 11.1 Å². The first-order valence-corrected chi connectivity index (χ1v) is 13.5. The number of likely N-dealkylation sites (tertiary alicyclic amines) is 2. The van der Waals surface area contributed by atoms with Gasteiger partial charge in [-0.3, -0.25) is 19.9 Å². The van der Waals surface area contributed by atoms with Crippen molar-refractivity contribution in [3.63, 3.8) is 0 Å². The number of carbonyl (C=O) groups excluding carboxylic acids is 1. The fraction of sp³-hybridized carbons (Fsp3) is 0.885. The number of aliphatic carboxylic acids is 1. The third-order valence-electron chi connectivity index (χ3n) is 8.46. The number of ether oxygens (including phenoxy) is 1. The number of piperidine rings is 2. The molecule has 3 fully saturated rings. The highest BCUT2D eigenvalue weighted by Crippen LogP contribution is 2.43. The van der Waals surface area contributed by atoms with Crippen LogP contribution >= 0.6 is 24.8 Å². The summed E-state index contributed by atoms with van der Waals surface area (Å²) < 4.78 is 6.31. The number of carbonyl (C=O) groups is 2. The second-order valence-corrected chi connectivity index (χ2v) is 11.6. The van der Waals surface area contributed by atoms with Gasteiger partial charge < -0.3 is 25.8 Å². The van der Waals surface area contributed by atoms with Crippen LogP contribution in [0.25, 0.3) is 0 Å². The number of rotatable bonds is 9. The predicted octanol–water partition coefficient (Wildman–Crippen LogP) is 3.42. The van der Waals surface area contributed by atoms with Gasteiger partial charge in [-0.15, -0.1) is 24.8 Å². The van der Waals surface area contributed by atoms with Crippen LogP contribution in [0.2, 0.25) is 0 Å². The van der Waals surface area contributed by atoms with Crippen molar-refractivity contribution in [2.45, 2.75) is 108 Å². The van der Waals surface area contributed by atoms with Crippen LogP contribution < -0.4 is 11.1 Å². The Kier molecular flexibility index (Phi) is 13.6. The molecule has 0 bridgehead atoms. The van der Waals surface area contributed by atoms with Gasteiger partial charge in [0.2, 0.25) is 0 Å². The average molecular weight is 567 g/mol. The Hall–Kier alpha value is -1.13. The fourth-order valence-electron chi connectivity index (χ4n) is 6.59. The van der Waals surface area contributed by atoms with Gasteiger partial charge in [-0.1, -0.05) is 20.3 Å². The van der Waals surface area contributed by atoms with E-state index in [0.717, 1.165) is 71.0 Å². The molecule has 3 rings (SSSR count). The Bertz CT molecular complexity index is 763. The Morgan fingerprint density at radius 1 is 1.11 bits per heavy atom. The summed E-state index contributed by atoms with van der Waals surface area (Å²) in [6, 6.07) is -0.684. The summed E-state index contributed by atoms with van der Waals surface area (Å²) in [5.41, 5.74) is 5.71. The number of hydrogen-bond donors (Lipinski definition) is 4. The molecule has 0 radical (unpaired) electrons. The van der Waals surface area contributed by atoms with E-state index in [2.05, 4.69) is 24.1 Å². The van der Waals surface area contributed by atoms with E-state index >= 15 is 0 Å². The van der Waals surface area contributed by atoms with Gasteiger partial charge in [0, 0.05) is 32.8 Å². The molecule has 0 aromatic heterocycles. The zero-order valence-corrected chi connectivity index (χ0v) is 24.4. The zero-order valence-electron chi connectivity index (χ0n) is 22.8. The first kappa shape index (κ1) is 33.9. The molecule has 0 amide bonds. The number of carboxylic acid groups (broad SMARTS) is 1. The SMILES string of the molecule is CNC(=N)N1CCC(OCC[C@]2(C(=O)C(N)CC(=O)O)CCCCN2C2CCCC(C)(C)C2)CC1.Cl.Cl. The molecule has 2 unspecified atom stereocenters. The van der Waals surface area contributed by atoms with E-state index in [9.17, 15) is 14.7 Å². The summed E-state index contributed by atoms with van der Waals surface area (Å²) >= 11 is 0. The molecule has 3 atom stereocenters. The van der Waals surface area contributed by atoms with Crippen molar-refractivity contribution in [3.8, 4) is 0 Å². The second-order valence-electron chi connectivity index (χ2n) is 11.6. The van der Waals surface area contributed by atoms with Gasteiger partial charge in [0.25, 0.3) is 0 Å². The lowest BCUT2D eigenvalue weighted by Crippen LogP contribution is -2.65. The van der Waals surface area contributed by atoms with Crippen molar-refractivity contribution >= 4 is 42.5 Å². The zero-order chi connectivity index (χ0) is 25.6. The number of halogens is 2. The maximum atomic E-state index is 13.9. The van der Waals surface area contributed by atoms with Gasteiger partial charge in [-0.2, -0.15) is 0 Å². The van der Waals surface area contributed by atoms with Gasteiger partial charge in [0.05, 0.1) is 24.1 Å². The van der Waals surface area contributed by atoms with Crippen LogP contribution in [0, 0.1) is 10.8 Å². The molecule has 216 valence electrons. The molecule has 2 heterocycles. The summed E-state index contributed by atoms with van der Waals surface area (Å²) in [5, 5.41) is 20.2. The summed E-state index contributed by atoms with van der Waals surface area (Å²) in [4.78, 5) is 29.7. The Labute approximate surface area is 234 Å². The Morgan fingerprint density at radius 2 is 1.78 bits per heavy atom. The highest BCUT2D eigenvalue weighted by atomic mass is 35.5. The van der Waals surface area contributed by atoms with E-state index < -0.39 is 17.6 Å². The third kappa shape index (κ3) is 8.68. The predicted molar refractivity (Wildman–Crippen MR) is 151 cm³/mol. The molecule has 2 aliphatic heterocycles. The van der Waals surface area contributed by atoms with Crippen molar-refractivity contribution in [2.75, 3.05) is 33.3 Å². The minimum Gasteiger partial charge on any atom is -0.481 e. The molecule has 1 aliphatic carbocycles. The smallest absolute Gasteiger partial charge is 0.305 e. The van der Waals surface area contributed by atoms with Crippen molar-refractivity contribution < 1.29 is 19.4 Å². The van der Waals surface area contributed by atoms with Crippen LogP contribution in [0.1, 0.15) is 84.5 Å². The molecule has 5 N–H and O–H groups in total. The number of hydrogen-bond acceptors (Lipinski definition) is 6. The number of nitrogens with two attached hydrogens (primary N) is 1. The topological polar surface area (TPSA) is 132 Å². The molecule has 0 aromatic carbocycles. The van der Waals surface area contributed by atoms with Gasteiger partial charge >= 0.3 is 5.97 Å². The second kappa shape index (κ2) is 14.9. The minimum absolute atomic E-state index is 0. The lowest BCUT2D eigenvalue weighted by atomic mass is 9.70. The van der Waals surface area contributed by atoms with Crippen LogP contribution in [0.3, 0.4) is 0 Å². The normalized spacial score (nSPS) is 27.4. The molecule has 0 aromatic rings. The minimum atomic E-state index is -1.03. The van der Waals surface area contributed by atoms with Crippen LogP contribution in [-0.4, -0.2) is 89.6 Å². The summed E-state index contributed by atoms with van der Waals surface area (Å²) in [6.45, 7) is 7.50. The number of nitrogens with zero attached hydrogens (tertiary/aromatic N) is 2. The molecule has 37 heavy (non-hydrogen) atoms. The number of guanidine groups is 1. The van der Waals surface area contributed by atoms with E-state index in [1.165, 1.54) is 6.42 Å². The third-order valence-corrected chi connectivity index (χ3v) is 8.46. The highest BCUT2D eigenvalue weighted by Gasteiger charge is 2.50. The molecule has 3 aliphatic rings. The highest BCUT2D eigenvalue weighted by molar-refractivity contribution is 5.95. The summed E-state index contributed by atoms with van der Waals surface area (Å²) in [7, 11) is 1.76. The van der Waals surface area contributed by atoms with Crippen LogP contribution in [0.4, 0.5) is 0 Å². The molecule has 0 spiro atoms. The number of Topliss-reactive ketones (excluding diaryl/α,β-unsaturated/α-hetero) is 1. The van der Waals surface area contributed by atoms with Crippen LogP contribution in [0.15, 0.2) is 0 Å². The maximum absolute atomic E-state index is 13.9. The van der Waals surface area contributed by atoms with Crippen molar-refractivity contribution in [3.05, 3.63) is 0 Å². The monoisotopic (exact) mass is 565 g/mol. The number of ketones is 1. The van der Waals surface area contributed by atoms with Crippen LogP contribution in [-0.2, 0) is 14.3 Å². The maximum Gasteiger partial charge on any atom is 0.305 e. The van der Waals surface area contributed by atoms with Gasteiger partial charge in [0.15, 0.2) is 11.7 Å². The number of carboxylic acids is 1. The molecule has 2 saturated heterocycles. The van der Waals surface area contributed by atoms with E-state index in [1.807, 2.05) is 4.90 Å². The lowest BCUT2D eigenvalue weighted by Gasteiger charge is -2.53. The first-order valence-electron chi connectivity index (χ1n) is 13.5. The molecule has 1 saturated carbocycles. The van der Waals surface area contributed by atoms with E-state index in [4.69, 9.17) is 15.9 Å². The molecule has 9 nitrogen and oxygen atoms in total. The van der Waals surface area contributed by atoms with E-state index in [0.29, 0.717) is 25.0 Å². The van der Waals surface area contributed by atoms with Crippen LogP contribution in [0.5, 0.6) is 0 Å².